The Hall–Kier alpha value is -3.93. The molecule has 1 aliphatic heterocycles. The van der Waals surface area contributed by atoms with E-state index in [0.717, 1.165) is 23.2 Å². The minimum absolute atomic E-state index is 0.0945. The van der Waals surface area contributed by atoms with Gasteiger partial charge in [-0.25, -0.2) is 4.98 Å². The molecular weight excluding hydrogens is 627 g/mol. The van der Waals surface area contributed by atoms with Crippen molar-refractivity contribution in [1.29, 1.82) is 0 Å². The van der Waals surface area contributed by atoms with Gasteiger partial charge in [-0.05, 0) is 37.6 Å². The Morgan fingerprint density at radius 1 is 0.957 bits per heavy atom. The molecule has 5 rings (SSSR count). The number of para-hydroxylation sites is 1. The lowest BCUT2D eigenvalue weighted by Gasteiger charge is -2.18. The van der Waals surface area contributed by atoms with Crippen molar-refractivity contribution in [2.75, 3.05) is 32.6 Å². The number of ether oxygens (including phenoxy) is 2. The minimum Gasteiger partial charge on any atom is -0.494 e. The fourth-order valence-electron chi connectivity index (χ4n) is 5.41. The molecule has 12 heteroatoms. The predicted molar refractivity (Wildman–Crippen MR) is 182 cm³/mol. The number of halogens is 2. The molecule has 10 nitrogen and oxygen atoms in total. The van der Waals surface area contributed by atoms with Gasteiger partial charge in [0.15, 0.2) is 0 Å². The molecular formula is C34H38Cl2N6O4. The summed E-state index contributed by atoms with van der Waals surface area (Å²) in [5.74, 6) is 1.25. The Kier molecular flexibility index (Phi) is 11.3. The number of carbonyl (C=O) groups is 1. The standard InChI is InChI=1S/C34H38Cl2N6O4/c1-20(43)16-37-17-21-6-4-9-28(33(21)45-2)41-27-8-5-7-25(30(27)35)32-31(36)24(14-15-39-32)26-12-10-22(34(42-26)46-3)18-38-19-23-11-13-29(44)40-23/h4-10,12,14-15,20,23,37-38,41,43H,11,13,16-19H2,1-3H3,(H,40,44)/t20-,23-/m1/s1. The van der Waals surface area contributed by atoms with Crippen LogP contribution in [0.5, 0.6) is 11.6 Å². The highest BCUT2D eigenvalue weighted by Gasteiger charge is 2.21. The summed E-state index contributed by atoms with van der Waals surface area (Å²) in [5.41, 5.74) is 5.71. The van der Waals surface area contributed by atoms with Crippen LogP contribution in [-0.2, 0) is 17.9 Å². The maximum atomic E-state index is 11.5. The van der Waals surface area contributed by atoms with E-state index in [1.54, 1.807) is 27.3 Å². The van der Waals surface area contributed by atoms with Crippen molar-refractivity contribution in [3.8, 4) is 34.1 Å². The number of aliphatic hydroxyl groups excluding tert-OH is 1. The van der Waals surface area contributed by atoms with Gasteiger partial charge in [0.25, 0.3) is 0 Å². The third kappa shape index (κ3) is 7.89. The SMILES string of the molecule is COc1nc(-c2ccnc(-c3cccc(Nc4cccc(CNC[C@@H](C)O)c4OC)c3Cl)c2Cl)ccc1CNC[C@H]1CCC(=O)N1. The number of hydrogen-bond acceptors (Lipinski definition) is 9. The van der Waals surface area contributed by atoms with Crippen molar-refractivity contribution < 1.29 is 19.4 Å². The van der Waals surface area contributed by atoms with Crippen LogP contribution >= 0.6 is 23.2 Å². The van der Waals surface area contributed by atoms with Crippen molar-refractivity contribution >= 4 is 40.5 Å². The quantitative estimate of drug-likeness (QED) is 0.115. The van der Waals surface area contributed by atoms with E-state index < -0.39 is 6.10 Å². The molecule has 0 bridgehead atoms. The van der Waals surface area contributed by atoms with Crippen LogP contribution in [0.15, 0.2) is 60.8 Å². The number of aliphatic hydroxyl groups is 1. The lowest BCUT2D eigenvalue weighted by Crippen LogP contribution is -2.35. The lowest BCUT2D eigenvalue weighted by atomic mass is 10.0. The number of benzene rings is 2. The van der Waals surface area contributed by atoms with Gasteiger partial charge in [0, 0.05) is 67.1 Å². The van der Waals surface area contributed by atoms with Gasteiger partial charge in [-0.3, -0.25) is 9.78 Å². The van der Waals surface area contributed by atoms with Gasteiger partial charge in [-0.2, -0.15) is 0 Å². The van der Waals surface area contributed by atoms with Gasteiger partial charge in [0.2, 0.25) is 11.8 Å². The second-order valence-electron chi connectivity index (χ2n) is 11.1. The highest BCUT2D eigenvalue weighted by Crippen LogP contribution is 2.42. The number of methoxy groups -OCH3 is 2. The van der Waals surface area contributed by atoms with Gasteiger partial charge in [0.1, 0.15) is 5.75 Å². The Balaban J connectivity index is 1.37. The largest absolute Gasteiger partial charge is 0.494 e. The number of anilines is 2. The summed E-state index contributed by atoms with van der Waals surface area (Å²) in [7, 11) is 3.20. The third-order valence-electron chi connectivity index (χ3n) is 7.67. The zero-order valence-corrected chi connectivity index (χ0v) is 27.5. The molecule has 3 heterocycles. The van der Waals surface area contributed by atoms with Crippen LogP contribution in [-0.4, -0.2) is 60.4 Å². The first-order chi connectivity index (χ1) is 22.3. The van der Waals surface area contributed by atoms with Crippen molar-refractivity contribution in [3.05, 3.63) is 82.0 Å². The molecule has 1 aliphatic rings. The van der Waals surface area contributed by atoms with E-state index >= 15 is 0 Å². The molecule has 0 spiro atoms. The van der Waals surface area contributed by atoms with Crippen LogP contribution in [0.4, 0.5) is 11.4 Å². The van der Waals surface area contributed by atoms with Crippen molar-refractivity contribution in [3.63, 3.8) is 0 Å². The molecule has 0 unspecified atom stereocenters. The molecule has 1 amide bonds. The smallest absolute Gasteiger partial charge is 0.220 e. The number of carbonyl (C=O) groups excluding carboxylic acids is 1. The van der Waals surface area contributed by atoms with Gasteiger partial charge >= 0.3 is 0 Å². The maximum absolute atomic E-state index is 11.5. The van der Waals surface area contributed by atoms with Crippen LogP contribution in [0.1, 0.15) is 30.9 Å². The van der Waals surface area contributed by atoms with Crippen LogP contribution in [0.25, 0.3) is 22.5 Å². The van der Waals surface area contributed by atoms with Crippen LogP contribution in [0.2, 0.25) is 10.0 Å². The highest BCUT2D eigenvalue weighted by molar-refractivity contribution is 6.39. The van der Waals surface area contributed by atoms with Crippen molar-refractivity contribution in [2.45, 2.75) is 45.0 Å². The molecule has 2 aromatic carbocycles. The van der Waals surface area contributed by atoms with E-state index in [-0.39, 0.29) is 11.9 Å². The summed E-state index contributed by atoms with van der Waals surface area (Å²) in [6.45, 7) is 3.94. The lowest BCUT2D eigenvalue weighted by molar-refractivity contribution is -0.119. The zero-order chi connectivity index (χ0) is 32.6. The average molecular weight is 666 g/mol. The first kappa shape index (κ1) is 33.4. The molecule has 5 N–H and O–H groups in total. The summed E-state index contributed by atoms with van der Waals surface area (Å²) < 4.78 is 11.4. The van der Waals surface area contributed by atoms with E-state index in [2.05, 4.69) is 26.3 Å². The van der Waals surface area contributed by atoms with Crippen LogP contribution in [0.3, 0.4) is 0 Å². The molecule has 2 atom stereocenters. The topological polar surface area (TPSA) is 130 Å². The molecule has 46 heavy (non-hydrogen) atoms. The molecule has 0 saturated carbocycles. The number of amides is 1. The summed E-state index contributed by atoms with van der Waals surface area (Å²) in [6, 6.07) is 17.2. The normalized spacial score (nSPS) is 15.0. The van der Waals surface area contributed by atoms with Gasteiger partial charge in [0.05, 0.1) is 53.1 Å². The third-order valence-corrected chi connectivity index (χ3v) is 8.46. The Morgan fingerprint density at radius 2 is 1.74 bits per heavy atom. The van der Waals surface area contributed by atoms with Gasteiger partial charge < -0.3 is 35.8 Å². The fourth-order valence-corrected chi connectivity index (χ4v) is 5.98. The number of aromatic nitrogens is 2. The fraction of sp³-hybridized carbons (Fsp3) is 0.324. The van der Waals surface area contributed by atoms with Crippen LogP contribution < -0.4 is 30.7 Å². The number of hydrogen-bond donors (Lipinski definition) is 5. The number of rotatable bonds is 14. The van der Waals surface area contributed by atoms with E-state index in [9.17, 15) is 9.90 Å². The van der Waals surface area contributed by atoms with Gasteiger partial charge in [-0.15, -0.1) is 0 Å². The minimum atomic E-state index is -0.453. The molecule has 242 valence electrons. The predicted octanol–water partition coefficient (Wildman–Crippen LogP) is 5.72. The Bertz CT molecular complexity index is 1690. The summed E-state index contributed by atoms with van der Waals surface area (Å²) in [5, 5.41) is 23.4. The molecule has 2 aromatic heterocycles. The average Bonchev–Trinajstić information content (AvgIpc) is 3.47. The van der Waals surface area contributed by atoms with Gasteiger partial charge in [-0.1, -0.05) is 53.5 Å². The van der Waals surface area contributed by atoms with E-state index in [4.69, 9.17) is 37.7 Å². The summed E-state index contributed by atoms with van der Waals surface area (Å²) >= 11 is 14.0. The second kappa shape index (κ2) is 15.6. The Morgan fingerprint density at radius 3 is 2.48 bits per heavy atom. The number of pyridine rings is 2. The van der Waals surface area contributed by atoms with E-state index in [1.807, 2.05) is 54.6 Å². The molecule has 1 saturated heterocycles. The molecule has 0 aliphatic carbocycles. The van der Waals surface area contributed by atoms with Crippen molar-refractivity contribution in [1.82, 2.24) is 25.9 Å². The maximum Gasteiger partial charge on any atom is 0.220 e. The summed E-state index contributed by atoms with van der Waals surface area (Å²) in [4.78, 5) is 20.8. The molecule has 1 fully saturated rings. The van der Waals surface area contributed by atoms with E-state index in [1.165, 1.54) is 0 Å². The summed E-state index contributed by atoms with van der Waals surface area (Å²) in [6.07, 6.45) is 2.63. The van der Waals surface area contributed by atoms with Crippen LogP contribution in [0, 0.1) is 0 Å². The first-order valence-corrected chi connectivity index (χ1v) is 15.8. The molecule has 4 aromatic rings. The highest BCUT2D eigenvalue weighted by atomic mass is 35.5. The second-order valence-corrected chi connectivity index (χ2v) is 11.8. The monoisotopic (exact) mass is 664 g/mol. The number of nitrogens with zero attached hydrogens (tertiary/aromatic N) is 2. The first-order valence-electron chi connectivity index (χ1n) is 15.1. The molecule has 0 radical (unpaired) electrons. The van der Waals surface area contributed by atoms with E-state index in [0.29, 0.717) is 82.5 Å². The Labute approximate surface area is 278 Å². The zero-order valence-electron chi connectivity index (χ0n) is 26.0. The number of nitrogens with one attached hydrogen (secondary N) is 4. The van der Waals surface area contributed by atoms with Crippen molar-refractivity contribution in [2.24, 2.45) is 0 Å².